The van der Waals surface area contributed by atoms with Crippen molar-refractivity contribution < 1.29 is 9.59 Å². The Balaban J connectivity index is 1.96. The first-order valence-corrected chi connectivity index (χ1v) is 8.15. The third-order valence-electron chi connectivity index (χ3n) is 4.39. The SMILES string of the molecule is Cc1cc(C)c(C(N)=O)c(-c2ccc(C(=O)N3CCCC3)cc2)n1. The molecule has 1 aromatic carbocycles. The van der Waals surface area contributed by atoms with E-state index < -0.39 is 5.91 Å². The maximum atomic E-state index is 12.4. The fraction of sp³-hybridized carbons (Fsp3) is 0.316. The molecule has 1 aliphatic heterocycles. The molecule has 5 nitrogen and oxygen atoms in total. The van der Waals surface area contributed by atoms with Crippen molar-refractivity contribution in [3.05, 3.63) is 52.7 Å². The Labute approximate surface area is 141 Å². The second-order valence-corrected chi connectivity index (χ2v) is 6.25. The summed E-state index contributed by atoms with van der Waals surface area (Å²) in [5.74, 6) is -0.435. The van der Waals surface area contributed by atoms with Crippen molar-refractivity contribution in [2.24, 2.45) is 5.73 Å². The zero-order valence-corrected chi connectivity index (χ0v) is 14.0. The summed E-state index contributed by atoms with van der Waals surface area (Å²) in [7, 11) is 0. The Kier molecular flexibility index (Phi) is 4.34. The molecule has 3 rings (SSSR count). The average molecular weight is 323 g/mol. The van der Waals surface area contributed by atoms with E-state index in [1.54, 1.807) is 12.1 Å². The van der Waals surface area contributed by atoms with Crippen molar-refractivity contribution in [3.63, 3.8) is 0 Å². The number of benzene rings is 1. The lowest BCUT2D eigenvalue weighted by Crippen LogP contribution is -2.27. The number of nitrogens with zero attached hydrogens (tertiary/aromatic N) is 2. The van der Waals surface area contributed by atoms with Gasteiger partial charge in [-0.15, -0.1) is 0 Å². The van der Waals surface area contributed by atoms with E-state index in [0.717, 1.165) is 42.8 Å². The van der Waals surface area contributed by atoms with Crippen LogP contribution in [0, 0.1) is 13.8 Å². The lowest BCUT2D eigenvalue weighted by molar-refractivity contribution is 0.0792. The smallest absolute Gasteiger partial charge is 0.253 e. The van der Waals surface area contributed by atoms with Crippen LogP contribution < -0.4 is 5.73 Å². The third kappa shape index (κ3) is 3.02. The number of hydrogen-bond donors (Lipinski definition) is 1. The molecule has 0 aliphatic carbocycles. The Morgan fingerprint density at radius 1 is 1.08 bits per heavy atom. The number of aromatic nitrogens is 1. The van der Waals surface area contributed by atoms with Gasteiger partial charge in [-0.2, -0.15) is 0 Å². The number of pyridine rings is 1. The number of carbonyl (C=O) groups excluding carboxylic acids is 2. The maximum Gasteiger partial charge on any atom is 0.253 e. The minimum atomic E-state index is -0.493. The predicted molar refractivity (Wildman–Crippen MR) is 92.8 cm³/mol. The normalized spacial score (nSPS) is 14.0. The molecule has 1 aromatic heterocycles. The molecule has 0 spiro atoms. The molecule has 0 unspecified atom stereocenters. The highest BCUT2D eigenvalue weighted by Gasteiger charge is 2.20. The second-order valence-electron chi connectivity index (χ2n) is 6.25. The molecular weight excluding hydrogens is 302 g/mol. The van der Waals surface area contributed by atoms with Gasteiger partial charge in [0.1, 0.15) is 0 Å². The first kappa shape index (κ1) is 16.2. The van der Waals surface area contributed by atoms with Crippen molar-refractivity contribution in [1.29, 1.82) is 0 Å². The highest BCUT2D eigenvalue weighted by molar-refractivity contribution is 6.00. The molecule has 1 fully saturated rings. The summed E-state index contributed by atoms with van der Waals surface area (Å²) in [6.07, 6.45) is 2.14. The van der Waals surface area contributed by atoms with Gasteiger partial charge in [0.15, 0.2) is 0 Å². The van der Waals surface area contributed by atoms with Crippen LogP contribution in [0.1, 0.15) is 44.8 Å². The van der Waals surface area contributed by atoms with E-state index in [0.29, 0.717) is 16.8 Å². The molecule has 2 heterocycles. The van der Waals surface area contributed by atoms with Crippen molar-refractivity contribution in [2.75, 3.05) is 13.1 Å². The lowest BCUT2D eigenvalue weighted by Gasteiger charge is -2.15. The van der Waals surface area contributed by atoms with Gasteiger partial charge in [-0.25, -0.2) is 0 Å². The zero-order chi connectivity index (χ0) is 17.3. The molecule has 2 aromatic rings. The summed E-state index contributed by atoms with van der Waals surface area (Å²) < 4.78 is 0. The molecular formula is C19H21N3O2. The minimum Gasteiger partial charge on any atom is -0.366 e. The number of nitrogens with two attached hydrogens (primary N) is 1. The second kappa shape index (κ2) is 6.43. The number of rotatable bonds is 3. The maximum absolute atomic E-state index is 12.4. The van der Waals surface area contributed by atoms with Crippen LogP contribution in [0.3, 0.4) is 0 Å². The molecule has 0 atom stereocenters. The first-order chi connectivity index (χ1) is 11.5. The topological polar surface area (TPSA) is 76.3 Å². The lowest BCUT2D eigenvalue weighted by atomic mass is 9.99. The van der Waals surface area contributed by atoms with E-state index in [2.05, 4.69) is 4.98 Å². The molecule has 24 heavy (non-hydrogen) atoms. The van der Waals surface area contributed by atoms with Crippen LogP contribution in [0.5, 0.6) is 0 Å². The monoisotopic (exact) mass is 323 g/mol. The Morgan fingerprint density at radius 2 is 1.71 bits per heavy atom. The van der Waals surface area contributed by atoms with Gasteiger partial charge in [0.05, 0.1) is 11.3 Å². The van der Waals surface area contributed by atoms with Crippen LogP contribution >= 0.6 is 0 Å². The number of primary amides is 1. The molecule has 1 saturated heterocycles. The molecule has 1 aliphatic rings. The number of likely N-dealkylation sites (tertiary alicyclic amines) is 1. The van der Waals surface area contributed by atoms with Crippen molar-refractivity contribution in [3.8, 4) is 11.3 Å². The van der Waals surface area contributed by atoms with Gasteiger partial charge >= 0.3 is 0 Å². The van der Waals surface area contributed by atoms with Crippen LogP contribution in [0.4, 0.5) is 0 Å². The van der Waals surface area contributed by atoms with Gasteiger partial charge < -0.3 is 10.6 Å². The van der Waals surface area contributed by atoms with Crippen molar-refractivity contribution in [1.82, 2.24) is 9.88 Å². The van der Waals surface area contributed by atoms with E-state index in [-0.39, 0.29) is 5.91 Å². The van der Waals surface area contributed by atoms with Crippen LogP contribution in [-0.4, -0.2) is 34.8 Å². The number of amides is 2. The highest BCUT2D eigenvalue weighted by Crippen LogP contribution is 2.25. The van der Waals surface area contributed by atoms with Gasteiger partial charge in [-0.1, -0.05) is 12.1 Å². The molecule has 0 bridgehead atoms. The summed E-state index contributed by atoms with van der Waals surface area (Å²) in [5, 5.41) is 0. The van der Waals surface area contributed by atoms with Gasteiger partial charge in [-0.3, -0.25) is 14.6 Å². The molecule has 5 heteroatoms. The fourth-order valence-electron chi connectivity index (χ4n) is 3.23. The summed E-state index contributed by atoms with van der Waals surface area (Å²) in [4.78, 5) is 30.6. The molecule has 2 amide bonds. The highest BCUT2D eigenvalue weighted by atomic mass is 16.2. The molecule has 124 valence electrons. The first-order valence-electron chi connectivity index (χ1n) is 8.15. The van der Waals surface area contributed by atoms with Crippen molar-refractivity contribution in [2.45, 2.75) is 26.7 Å². The predicted octanol–water partition coefficient (Wildman–Crippen LogP) is 2.70. The van der Waals surface area contributed by atoms with E-state index in [9.17, 15) is 9.59 Å². The summed E-state index contributed by atoms with van der Waals surface area (Å²) in [6.45, 7) is 5.38. The number of aryl methyl sites for hydroxylation is 2. The van der Waals surface area contributed by atoms with Gasteiger partial charge in [0.25, 0.3) is 11.8 Å². The van der Waals surface area contributed by atoms with Gasteiger partial charge in [-0.05, 0) is 50.5 Å². The molecule has 0 saturated carbocycles. The van der Waals surface area contributed by atoms with Crippen molar-refractivity contribution >= 4 is 11.8 Å². The van der Waals surface area contributed by atoms with E-state index >= 15 is 0 Å². The summed E-state index contributed by atoms with van der Waals surface area (Å²) in [5.41, 5.74) is 9.60. The number of hydrogen-bond acceptors (Lipinski definition) is 3. The Hall–Kier alpha value is -2.69. The Bertz CT molecular complexity index is 791. The Morgan fingerprint density at radius 3 is 2.29 bits per heavy atom. The largest absolute Gasteiger partial charge is 0.366 e. The summed E-state index contributed by atoms with van der Waals surface area (Å²) in [6, 6.07) is 9.09. The third-order valence-corrected chi connectivity index (χ3v) is 4.39. The van der Waals surface area contributed by atoms with Gasteiger partial charge in [0, 0.05) is 29.9 Å². The van der Waals surface area contributed by atoms with E-state index in [1.807, 2.05) is 36.9 Å². The van der Waals surface area contributed by atoms with Gasteiger partial charge in [0.2, 0.25) is 0 Å². The molecule has 2 N–H and O–H groups in total. The quantitative estimate of drug-likeness (QED) is 0.943. The average Bonchev–Trinajstić information content (AvgIpc) is 3.07. The zero-order valence-electron chi connectivity index (χ0n) is 14.0. The van der Waals surface area contributed by atoms with E-state index in [1.165, 1.54) is 0 Å². The standard InChI is InChI=1S/C19H21N3O2/c1-12-11-13(2)21-17(16(12)18(20)23)14-5-7-15(8-6-14)19(24)22-9-3-4-10-22/h5-8,11H,3-4,9-10H2,1-2H3,(H2,20,23). The summed E-state index contributed by atoms with van der Waals surface area (Å²) >= 11 is 0. The van der Waals surface area contributed by atoms with Crippen LogP contribution in [0.2, 0.25) is 0 Å². The minimum absolute atomic E-state index is 0.0579. The fourth-order valence-corrected chi connectivity index (χ4v) is 3.23. The van der Waals surface area contributed by atoms with Crippen LogP contribution in [0.15, 0.2) is 30.3 Å². The van der Waals surface area contributed by atoms with Crippen LogP contribution in [-0.2, 0) is 0 Å². The molecule has 0 radical (unpaired) electrons. The van der Waals surface area contributed by atoms with E-state index in [4.69, 9.17) is 5.73 Å². The van der Waals surface area contributed by atoms with Crippen LogP contribution in [0.25, 0.3) is 11.3 Å². The number of carbonyl (C=O) groups is 2.